The minimum atomic E-state index is -0.828. The van der Waals surface area contributed by atoms with Crippen LogP contribution in [0.5, 0.6) is 11.5 Å². The van der Waals surface area contributed by atoms with Crippen molar-refractivity contribution in [3.05, 3.63) is 53.7 Å². The van der Waals surface area contributed by atoms with Gasteiger partial charge in [-0.2, -0.15) is 5.10 Å². The molecule has 182 valence electrons. The fraction of sp³-hybridized carbons (Fsp3) is 0.280. The molecule has 0 saturated carbocycles. The quantitative estimate of drug-likeness (QED) is 0.452. The molecule has 0 fully saturated rings. The highest BCUT2D eigenvalue weighted by molar-refractivity contribution is 6.04. The summed E-state index contributed by atoms with van der Waals surface area (Å²) in [5.41, 5.74) is 3.13. The molecule has 2 N–H and O–H groups in total. The summed E-state index contributed by atoms with van der Waals surface area (Å²) in [4.78, 5) is 37.0. The molecule has 10 heteroatoms. The van der Waals surface area contributed by atoms with Gasteiger partial charge < -0.3 is 24.8 Å². The SMILES string of the molecule is COCc1nn2c(c1-c1ccc(OC)c(OC)c1)NC(=O)C2CC(=O)Nc1ccc(C(C)=O)cc1. The minimum Gasteiger partial charge on any atom is -0.493 e. The Morgan fingerprint density at radius 3 is 2.40 bits per heavy atom. The summed E-state index contributed by atoms with van der Waals surface area (Å²) < 4.78 is 17.6. The van der Waals surface area contributed by atoms with Crippen LogP contribution in [0.1, 0.15) is 35.4 Å². The van der Waals surface area contributed by atoms with Crippen LogP contribution in [0.4, 0.5) is 11.5 Å². The minimum absolute atomic E-state index is 0.0612. The number of ketones is 1. The number of ether oxygens (including phenoxy) is 3. The number of aromatic nitrogens is 2. The summed E-state index contributed by atoms with van der Waals surface area (Å²) in [5.74, 6) is 0.838. The van der Waals surface area contributed by atoms with Crippen LogP contribution in [-0.4, -0.2) is 48.7 Å². The molecule has 2 aromatic carbocycles. The Labute approximate surface area is 202 Å². The van der Waals surface area contributed by atoms with Crippen molar-refractivity contribution in [2.75, 3.05) is 32.0 Å². The Bertz CT molecular complexity index is 1280. The molecule has 1 aliphatic rings. The molecule has 1 aromatic heterocycles. The standard InChI is InChI=1S/C25H26N4O6/c1-14(30)15-5-8-17(9-6-15)26-22(31)12-19-25(32)27-24-23(18(13-33-2)28-29(19)24)16-7-10-20(34-3)21(11-16)35-4/h5-11,19H,12-13H2,1-4H3,(H,26,31)(H,27,32). The molecule has 3 aromatic rings. The third-order valence-corrected chi connectivity index (χ3v) is 5.73. The summed E-state index contributed by atoms with van der Waals surface area (Å²) in [7, 11) is 4.66. The molecule has 0 aliphatic carbocycles. The van der Waals surface area contributed by atoms with Crippen molar-refractivity contribution in [3.63, 3.8) is 0 Å². The first kappa shape index (κ1) is 24.0. The number of fused-ring (bicyclic) bond motifs is 1. The normalized spacial score (nSPS) is 14.3. The molecule has 35 heavy (non-hydrogen) atoms. The number of Topliss-reactive ketones (excluding diaryl/α,β-unsaturated/α-hetero) is 1. The Balaban J connectivity index is 1.61. The zero-order valence-electron chi connectivity index (χ0n) is 19.9. The Morgan fingerprint density at radius 2 is 1.77 bits per heavy atom. The zero-order valence-corrected chi connectivity index (χ0v) is 19.9. The van der Waals surface area contributed by atoms with E-state index in [-0.39, 0.29) is 30.6 Å². The lowest BCUT2D eigenvalue weighted by Gasteiger charge is -2.11. The van der Waals surface area contributed by atoms with E-state index in [9.17, 15) is 14.4 Å². The van der Waals surface area contributed by atoms with E-state index >= 15 is 0 Å². The lowest BCUT2D eigenvalue weighted by molar-refractivity contribution is -0.123. The average Bonchev–Trinajstić information content (AvgIpc) is 3.33. The monoisotopic (exact) mass is 478 g/mol. The molecule has 2 amide bonds. The highest BCUT2D eigenvalue weighted by Gasteiger charge is 2.37. The second-order valence-electron chi connectivity index (χ2n) is 8.01. The first-order chi connectivity index (χ1) is 16.9. The number of carbonyl (C=O) groups is 3. The van der Waals surface area contributed by atoms with Crippen molar-refractivity contribution < 1.29 is 28.6 Å². The fourth-order valence-corrected chi connectivity index (χ4v) is 4.03. The molecule has 0 spiro atoms. The maximum atomic E-state index is 12.8. The molecular weight excluding hydrogens is 452 g/mol. The van der Waals surface area contributed by atoms with Gasteiger partial charge in [0.15, 0.2) is 17.3 Å². The summed E-state index contributed by atoms with van der Waals surface area (Å²) in [6, 6.07) is 11.2. The Morgan fingerprint density at radius 1 is 1.06 bits per heavy atom. The summed E-state index contributed by atoms with van der Waals surface area (Å²) in [6.07, 6.45) is -0.118. The highest BCUT2D eigenvalue weighted by atomic mass is 16.5. The predicted molar refractivity (Wildman–Crippen MR) is 129 cm³/mol. The molecule has 1 unspecified atom stereocenters. The summed E-state index contributed by atoms with van der Waals surface area (Å²) >= 11 is 0. The summed E-state index contributed by atoms with van der Waals surface area (Å²) in [6.45, 7) is 1.68. The number of nitrogens with one attached hydrogen (secondary N) is 2. The zero-order chi connectivity index (χ0) is 25.1. The first-order valence-corrected chi connectivity index (χ1v) is 10.9. The van der Waals surface area contributed by atoms with Gasteiger partial charge in [-0.15, -0.1) is 0 Å². The van der Waals surface area contributed by atoms with E-state index in [2.05, 4.69) is 15.7 Å². The van der Waals surface area contributed by atoms with Crippen molar-refractivity contribution in [2.24, 2.45) is 0 Å². The van der Waals surface area contributed by atoms with Crippen molar-refractivity contribution in [1.29, 1.82) is 0 Å². The van der Waals surface area contributed by atoms with Crippen molar-refractivity contribution in [3.8, 4) is 22.6 Å². The lowest BCUT2D eigenvalue weighted by Crippen LogP contribution is -2.24. The van der Waals surface area contributed by atoms with Crippen LogP contribution < -0.4 is 20.1 Å². The van der Waals surface area contributed by atoms with E-state index in [1.165, 1.54) is 11.6 Å². The Hall–Kier alpha value is -4.18. The molecule has 1 atom stereocenters. The first-order valence-electron chi connectivity index (χ1n) is 10.9. The van der Waals surface area contributed by atoms with Crippen molar-refractivity contribution in [2.45, 2.75) is 26.0 Å². The van der Waals surface area contributed by atoms with E-state index in [1.807, 2.05) is 6.07 Å². The van der Waals surface area contributed by atoms with E-state index in [4.69, 9.17) is 14.2 Å². The van der Waals surface area contributed by atoms with Crippen LogP contribution in [0, 0.1) is 0 Å². The number of anilines is 2. The molecule has 4 rings (SSSR count). The average molecular weight is 479 g/mol. The van der Waals surface area contributed by atoms with Crippen molar-refractivity contribution >= 4 is 29.1 Å². The topological polar surface area (TPSA) is 121 Å². The molecule has 1 aliphatic heterocycles. The van der Waals surface area contributed by atoms with Crippen LogP contribution in [0.25, 0.3) is 11.1 Å². The number of hydrogen-bond donors (Lipinski definition) is 2. The third-order valence-electron chi connectivity index (χ3n) is 5.73. The Kier molecular flexibility index (Phi) is 6.83. The van der Waals surface area contributed by atoms with E-state index in [0.717, 1.165) is 5.56 Å². The third kappa shape index (κ3) is 4.73. The number of rotatable bonds is 9. The summed E-state index contributed by atoms with van der Waals surface area (Å²) in [5, 5.41) is 10.2. The van der Waals surface area contributed by atoms with E-state index in [1.54, 1.807) is 57.7 Å². The number of methoxy groups -OCH3 is 3. The highest BCUT2D eigenvalue weighted by Crippen LogP contribution is 2.41. The lowest BCUT2D eigenvalue weighted by atomic mass is 10.0. The molecule has 0 radical (unpaired) electrons. The molecule has 10 nitrogen and oxygen atoms in total. The second kappa shape index (κ2) is 9.98. The van der Waals surface area contributed by atoms with E-state index in [0.29, 0.717) is 39.8 Å². The number of hydrogen-bond acceptors (Lipinski definition) is 7. The number of nitrogens with zero attached hydrogens (tertiary/aromatic N) is 2. The maximum Gasteiger partial charge on any atom is 0.251 e. The fourth-order valence-electron chi connectivity index (χ4n) is 4.03. The van der Waals surface area contributed by atoms with Crippen LogP contribution >= 0.6 is 0 Å². The molecular formula is C25H26N4O6. The number of amides is 2. The van der Waals surface area contributed by atoms with Gasteiger partial charge in [0.1, 0.15) is 11.9 Å². The molecule has 0 bridgehead atoms. The maximum absolute atomic E-state index is 12.8. The largest absolute Gasteiger partial charge is 0.493 e. The van der Waals surface area contributed by atoms with Gasteiger partial charge >= 0.3 is 0 Å². The van der Waals surface area contributed by atoms with Gasteiger partial charge in [-0.3, -0.25) is 14.4 Å². The molecule has 0 saturated heterocycles. The number of carbonyl (C=O) groups excluding carboxylic acids is 3. The van der Waals surface area contributed by atoms with Gasteiger partial charge in [0, 0.05) is 18.4 Å². The molecule has 2 heterocycles. The van der Waals surface area contributed by atoms with Crippen LogP contribution in [-0.2, 0) is 20.9 Å². The van der Waals surface area contributed by atoms with Gasteiger partial charge in [-0.25, -0.2) is 4.68 Å². The van der Waals surface area contributed by atoms with Crippen molar-refractivity contribution in [1.82, 2.24) is 9.78 Å². The van der Waals surface area contributed by atoms with E-state index < -0.39 is 6.04 Å². The van der Waals surface area contributed by atoms with Crippen LogP contribution in [0.3, 0.4) is 0 Å². The van der Waals surface area contributed by atoms with Gasteiger partial charge in [0.2, 0.25) is 5.91 Å². The van der Waals surface area contributed by atoms with Gasteiger partial charge in [-0.1, -0.05) is 6.07 Å². The van der Waals surface area contributed by atoms with Crippen LogP contribution in [0.15, 0.2) is 42.5 Å². The smallest absolute Gasteiger partial charge is 0.251 e. The van der Waals surface area contributed by atoms with Gasteiger partial charge in [-0.05, 0) is 48.9 Å². The predicted octanol–water partition coefficient (Wildman–Crippen LogP) is 3.44. The number of benzene rings is 2. The second-order valence-corrected chi connectivity index (χ2v) is 8.01. The van der Waals surface area contributed by atoms with Gasteiger partial charge in [0.05, 0.1) is 38.5 Å². The van der Waals surface area contributed by atoms with Crippen LogP contribution in [0.2, 0.25) is 0 Å². The van der Waals surface area contributed by atoms with Gasteiger partial charge in [0.25, 0.3) is 5.91 Å².